The Hall–Kier alpha value is -1.83. The van der Waals surface area contributed by atoms with Crippen molar-refractivity contribution in [1.82, 2.24) is 24.7 Å². The second-order valence-corrected chi connectivity index (χ2v) is 5.00. The van der Waals surface area contributed by atoms with Gasteiger partial charge in [-0.05, 0) is 32.0 Å². The molecule has 0 aliphatic carbocycles. The van der Waals surface area contributed by atoms with E-state index < -0.39 is 0 Å². The van der Waals surface area contributed by atoms with E-state index in [0.717, 1.165) is 29.4 Å². The van der Waals surface area contributed by atoms with Crippen molar-refractivity contribution in [1.29, 1.82) is 0 Å². The highest BCUT2D eigenvalue weighted by Crippen LogP contribution is 2.29. The Bertz CT molecular complexity index is 635. The molecular formula is C12H18N6OS. The van der Waals surface area contributed by atoms with Gasteiger partial charge in [-0.1, -0.05) is 6.92 Å². The third-order valence-electron chi connectivity index (χ3n) is 2.83. The molecule has 0 aliphatic rings. The highest BCUT2D eigenvalue weighted by molar-refractivity contribution is 7.99. The predicted molar refractivity (Wildman–Crippen MR) is 78.2 cm³/mol. The maximum absolute atomic E-state index is 11.6. The summed E-state index contributed by atoms with van der Waals surface area (Å²) in [6.45, 7) is 7.37. The van der Waals surface area contributed by atoms with Crippen LogP contribution in [0.25, 0.3) is 0 Å². The van der Waals surface area contributed by atoms with Gasteiger partial charge in [0.05, 0.1) is 0 Å². The zero-order chi connectivity index (χ0) is 14.5. The fourth-order valence-corrected chi connectivity index (χ4v) is 2.92. The first-order chi connectivity index (χ1) is 9.71. The van der Waals surface area contributed by atoms with Crippen LogP contribution in [0.4, 0.5) is 5.82 Å². The number of aromatic nitrogens is 5. The molecule has 2 N–H and O–H groups in total. The standard InChI is InChI=1S/C12H18N6OS/c1-4-8-9(13-5-2)14-7-15-10(8)20-12-17-16-11(19)18(12)6-3/h7H,4-6H2,1-3H3,(H,16,19)(H,13,14,15). The van der Waals surface area contributed by atoms with Crippen LogP contribution in [0.5, 0.6) is 0 Å². The lowest BCUT2D eigenvalue weighted by Gasteiger charge is -2.11. The number of hydrogen-bond donors (Lipinski definition) is 2. The predicted octanol–water partition coefficient (Wildman–Crippen LogP) is 1.53. The topological polar surface area (TPSA) is 88.5 Å². The largest absolute Gasteiger partial charge is 0.370 e. The van der Waals surface area contributed by atoms with Crippen molar-refractivity contribution in [3.05, 3.63) is 22.4 Å². The van der Waals surface area contributed by atoms with Crippen molar-refractivity contribution in [3.8, 4) is 0 Å². The number of nitrogens with one attached hydrogen (secondary N) is 2. The van der Waals surface area contributed by atoms with Crippen LogP contribution in [-0.4, -0.2) is 31.3 Å². The van der Waals surface area contributed by atoms with E-state index in [1.807, 2.05) is 13.8 Å². The summed E-state index contributed by atoms with van der Waals surface area (Å²) in [5.41, 5.74) is 0.839. The zero-order valence-corrected chi connectivity index (χ0v) is 12.6. The Kier molecular flexibility index (Phi) is 4.78. The van der Waals surface area contributed by atoms with E-state index in [4.69, 9.17) is 0 Å². The van der Waals surface area contributed by atoms with Crippen molar-refractivity contribution < 1.29 is 0 Å². The third-order valence-corrected chi connectivity index (χ3v) is 3.87. The van der Waals surface area contributed by atoms with Gasteiger partial charge in [-0.3, -0.25) is 4.57 Å². The summed E-state index contributed by atoms with van der Waals surface area (Å²) in [6, 6.07) is 0. The monoisotopic (exact) mass is 294 g/mol. The van der Waals surface area contributed by atoms with Gasteiger partial charge in [-0.15, -0.1) is 5.10 Å². The first-order valence-electron chi connectivity index (χ1n) is 6.62. The second kappa shape index (κ2) is 6.56. The van der Waals surface area contributed by atoms with Gasteiger partial charge in [0.1, 0.15) is 17.2 Å². The maximum atomic E-state index is 11.6. The van der Waals surface area contributed by atoms with Gasteiger partial charge < -0.3 is 5.32 Å². The molecule has 0 aromatic carbocycles. The summed E-state index contributed by atoms with van der Waals surface area (Å²) >= 11 is 1.38. The summed E-state index contributed by atoms with van der Waals surface area (Å²) in [5, 5.41) is 11.2. The Balaban J connectivity index is 2.37. The molecule has 2 rings (SSSR count). The molecule has 0 amide bonds. The lowest BCUT2D eigenvalue weighted by Crippen LogP contribution is -2.16. The summed E-state index contributed by atoms with van der Waals surface area (Å²) in [6.07, 6.45) is 2.34. The van der Waals surface area contributed by atoms with Crippen LogP contribution in [0.15, 0.2) is 21.3 Å². The lowest BCUT2D eigenvalue weighted by molar-refractivity contribution is 0.659. The molecule has 7 nitrogen and oxygen atoms in total. The van der Waals surface area contributed by atoms with Crippen LogP contribution in [0.3, 0.4) is 0 Å². The molecule has 20 heavy (non-hydrogen) atoms. The van der Waals surface area contributed by atoms with Gasteiger partial charge in [0.2, 0.25) is 0 Å². The average molecular weight is 294 g/mol. The van der Waals surface area contributed by atoms with Gasteiger partial charge >= 0.3 is 5.69 Å². The van der Waals surface area contributed by atoms with E-state index in [1.54, 1.807) is 4.57 Å². The molecular weight excluding hydrogens is 276 g/mol. The minimum atomic E-state index is -0.200. The normalized spacial score (nSPS) is 10.8. The van der Waals surface area contributed by atoms with E-state index in [0.29, 0.717) is 11.7 Å². The molecule has 2 aromatic rings. The summed E-state index contributed by atoms with van der Waals surface area (Å²) in [4.78, 5) is 20.1. The van der Waals surface area contributed by atoms with E-state index in [2.05, 4.69) is 32.4 Å². The van der Waals surface area contributed by atoms with Crippen LogP contribution >= 0.6 is 11.8 Å². The van der Waals surface area contributed by atoms with E-state index in [1.165, 1.54) is 18.1 Å². The second-order valence-electron chi connectivity index (χ2n) is 4.05. The number of aromatic amines is 1. The minimum Gasteiger partial charge on any atom is -0.370 e. The molecule has 2 aromatic heterocycles. The lowest BCUT2D eigenvalue weighted by atomic mass is 10.2. The van der Waals surface area contributed by atoms with Gasteiger partial charge in [0.25, 0.3) is 0 Å². The molecule has 8 heteroatoms. The van der Waals surface area contributed by atoms with Gasteiger partial charge in [-0.25, -0.2) is 19.9 Å². The number of H-pyrrole nitrogens is 1. The van der Waals surface area contributed by atoms with Crippen molar-refractivity contribution in [2.24, 2.45) is 0 Å². The maximum Gasteiger partial charge on any atom is 0.343 e. The van der Waals surface area contributed by atoms with Gasteiger partial charge in [0.15, 0.2) is 5.16 Å². The van der Waals surface area contributed by atoms with Crippen molar-refractivity contribution in [3.63, 3.8) is 0 Å². The number of rotatable bonds is 6. The van der Waals surface area contributed by atoms with Gasteiger partial charge in [0, 0.05) is 18.7 Å². The molecule has 0 unspecified atom stereocenters. The Labute approximate surface area is 121 Å². The fraction of sp³-hybridized carbons (Fsp3) is 0.500. The van der Waals surface area contributed by atoms with E-state index in [-0.39, 0.29) is 5.69 Å². The molecule has 0 saturated carbocycles. The molecule has 0 spiro atoms. The smallest absolute Gasteiger partial charge is 0.343 e. The Morgan fingerprint density at radius 1 is 1.35 bits per heavy atom. The van der Waals surface area contributed by atoms with Crippen molar-refractivity contribution in [2.75, 3.05) is 11.9 Å². The summed E-state index contributed by atoms with van der Waals surface area (Å²) in [7, 11) is 0. The van der Waals surface area contributed by atoms with E-state index in [9.17, 15) is 4.79 Å². The average Bonchev–Trinajstić information content (AvgIpc) is 2.80. The molecule has 0 radical (unpaired) electrons. The SMILES string of the molecule is CCNc1ncnc(Sc2n[nH]c(=O)n2CC)c1CC. The first kappa shape index (κ1) is 14.6. The van der Waals surface area contributed by atoms with Crippen LogP contribution in [0, 0.1) is 0 Å². The molecule has 0 bridgehead atoms. The van der Waals surface area contributed by atoms with Crippen molar-refractivity contribution >= 4 is 17.6 Å². The van der Waals surface area contributed by atoms with Crippen molar-refractivity contribution in [2.45, 2.75) is 43.9 Å². The molecule has 2 heterocycles. The first-order valence-corrected chi connectivity index (χ1v) is 7.43. The van der Waals surface area contributed by atoms with Gasteiger partial charge in [-0.2, -0.15) is 0 Å². The number of nitrogens with zero attached hydrogens (tertiary/aromatic N) is 4. The number of anilines is 1. The quantitative estimate of drug-likeness (QED) is 0.785. The van der Waals surface area contributed by atoms with E-state index >= 15 is 0 Å². The van der Waals surface area contributed by atoms with Crippen LogP contribution in [0.1, 0.15) is 26.3 Å². The minimum absolute atomic E-state index is 0.200. The number of hydrogen-bond acceptors (Lipinski definition) is 6. The summed E-state index contributed by atoms with van der Waals surface area (Å²) < 4.78 is 1.58. The molecule has 0 aliphatic heterocycles. The molecule has 0 atom stereocenters. The summed E-state index contributed by atoms with van der Waals surface area (Å²) in [5.74, 6) is 0.841. The Morgan fingerprint density at radius 2 is 2.15 bits per heavy atom. The highest BCUT2D eigenvalue weighted by atomic mass is 32.2. The third kappa shape index (κ3) is 2.84. The zero-order valence-electron chi connectivity index (χ0n) is 11.8. The fourth-order valence-electron chi connectivity index (χ4n) is 1.87. The Morgan fingerprint density at radius 3 is 2.80 bits per heavy atom. The molecule has 0 saturated heterocycles. The van der Waals surface area contributed by atoms with Crippen LogP contribution in [-0.2, 0) is 13.0 Å². The molecule has 0 fully saturated rings. The van der Waals surface area contributed by atoms with Crippen LogP contribution in [0.2, 0.25) is 0 Å². The highest BCUT2D eigenvalue weighted by Gasteiger charge is 2.14. The van der Waals surface area contributed by atoms with Crippen LogP contribution < -0.4 is 11.0 Å². The molecule has 108 valence electrons.